The van der Waals surface area contributed by atoms with Crippen molar-refractivity contribution in [3.63, 3.8) is 0 Å². The van der Waals surface area contributed by atoms with E-state index in [9.17, 15) is 0 Å². The molecule has 4 heteroatoms. The summed E-state index contributed by atoms with van der Waals surface area (Å²) in [5.74, 6) is 1.99. The lowest BCUT2D eigenvalue weighted by Crippen LogP contribution is -2.14. The minimum atomic E-state index is 0.818. The first-order chi connectivity index (χ1) is 8.34. The van der Waals surface area contributed by atoms with Gasteiger partial charge >= 0.3 is 0 Å². The number of imidazole rings is 1. The standard InChI is InChI=1S/C13H19N3O/c1-12-4-5-13(17-12)10-14-6-2-3-8-16-9-7-15-11-16/h4-5,7,9,11,14H,2-3,6,8,10H2,1H3. The van der Waals surface area contributed by atoms with Crippen molar-refractivity contribution in [2.75, 3.05) is 6.54 Å². The van der Waals surface area contributed by atoms with Crippen molar-refractivity contribution in [2.45, 2.75) is 32.9 Å². The molecule has 0 saturated heterocycles. The zero-order valence-electron chi connectivity index (χ0n) is 10.2. The molecule has 0 radical (unpaired) electrons. The monoisotopic (exact) mass is 233 g/mol. The summed E-state index contributed by atoms with van der Waals surface area (Å²) in [4.78, 5) is 4.01. The maximum Gasteiger partial charge on any atom is 0.117 e. The molecule has 0 aromatic carbocycles. The van der Waals surface area contributed by atoms with Crippen LogP contribution in [0.4, 0.5) is 0 Å². The van der Waals surface area contributed by atoms with Gasteiger partial charge in [0.25, 0.3) is 0 Å². The van der Waals surface area contributed by atoms with Crippen LogP contribution in [-0.4, -0.2) is 16.1 Å². The highest BCUT2D eigenvalue weighted by molar-refractivity contribution is 5.04. The molecule has 17 heavy (non-hydrogen) atoms. The van der Waals surface area contributed by atoms with Crippen molar-refractivity contribution < 1.29 is 4.42 Å². The van der Waals surface area contributed by atoms with Crippen molar-refractivity contribution in [3.05, 3.63) is 42.4 Å². The van der Waals surface area contributed by atoms with E-state index in [-0.39, 0.29) is 0 Å². The van der Waals surface area contributed by atoms with Crippen LogP contribution in [0.15, 0.2) is 35.3 Å². The molecular formula is C13H19N3O. The van der Waals surface area contributed by atoms with Crippen LogP contribution in [0.2, 0.25) is 0 Å². The van der Waals surface area contributed by atoms with E-state index in [1.807, 2.05) is 37.8 Å². The summed E-state index contributed by atoms with van der Waals surface area (Å²) in [5.41, 5.74) is 0. The molecule has 2 aromatic rings. The first kappa shape index (κ1) is 11.9. The number of nitrogens with zero attached hydrogens (tertiary/aromatic N) is 2. The van der Waals surface area contributed by atoms with E-state index in [1.165, 1.54) is 6.42 Å². The summed E-state index contributed by atoms with van der Waals surface area (Å²) in [6.07, 6.45) is 8.01. The lowest BCUT2D eigenvalue weighted by atomic mass is 10.3. The Bertz CT molecular complexity index is 420. The van der Waals surface area contributed by atoms with Crippen LogP contribution in [0, 0.1) is 6.92 Å². The van der Waals surface area contributed by atoms with Gasteiger partial charge in [-0.3, -0.25) is 0 Å². The maximum atomic E-state index is 5.47. The SMILES string of the molecule is Cc1ccc(CNCCCCn2ccnc2)o1. The molecule has 0 unspecified atom stereocenters. The van der Waals surface area contributed by atoms with Crippen molar-refractivity contribution in [3.8, 4) is 0 Å². The van der Waals surface area contributed by atoms with E-state index in [0.717, 1.165) is 37.6 Å². The molecule has 0 aliphatic rings. The topological polar surface area (TPSA) is 43.0 Å². The average Bonchev–Trinajstić information content (AvgIpc) is 2.95. The zero-order valence-corrected chi connectivity index (χ0v) is 10.2. The molecule has 2 aromatic heterocycles. The summed E-state index contributed by atoms with van der Waals surface area (Å²) in [7, 11) is 0. The van der Waals surface area contributed by atoms with E-state index in [2.05, 4.69) is 14.9 Å². The lowest BCUT2D eigenvalue weighted by molar-refractivity contribution is 0.457. The number of aromatic nitrogens is 2. The summed E-state index contributed by atoms with van der Waals surface area (Å²) in [6.45, 7) is 4.85. The van der Waals surface area contributed by atoms with E-state index in [0.29, 0.717) is 0 Å². The molecule has 0 atom stereocenters. The van der Waals surface area contributed by atoms with Crippen molar-refractivity contribution >= 4 is 0 Å². The molecule has 4 nitrogen and oxygen atoms in total. The summed E-state index contributed by atoms with van der Waals surface area (Å²) >= 11 is 0. The largest absolute Gasteiger partial charge is 0.465 e. The quantitative estimate of drug-likeness (QED) is 0.746. The van der Waals surface area contributed by atoms with Gasteiger partial charge < -0.3 is 14.3 Å². The molecule has 2 rings (SSSR count). The highest BCUT2D eigenvalue weighted by Gasteiger charge is 1.97. The van der Waals surface area contributed by atoms with Gasteiger partial charge in [-0.2, -0.15) is 0 Å². The number of rotatable bonds is 7. The first-order valence-corrected chi connectivity index (χ1v) is 6.06. The summed E-state index contributed by atoms with van der Waals surface area (Å²) < 4.78 is 7.58. The maximum absolute atomic E-state index is 5.47. The lowest BCUT2D eigenvalue weighted by Gasteiger charge is -2.03. The van der Waals surface area contributed by atoms with E-state index < -0.39 is 0 Å². The molecular weight excluding hydrogens is 214 g/mol. The molecule has 1 N–H and O–H groups in total. The minimum Gasteiger partial charge on any atom is -0.465 e. The van der Waals surface area contributed by atoms with Crippen LogP contribution in [0.1, 0.15) is 24.4 Å². The third-order valence-corrected chi connectivity index (χ3v) is 2.67. The van der Waals surface area contributed by atoms with Gasteiger partial charge in [0.05, 0.1) is 12.9 Å². The van der Waals surface area contributed by atoms with Gasteiger partial charge in [0.2, 0.25) is 0 Å². The Morgan fingerprint density at radius 3 is 3.00 bits per heavy atom. The van der Waals surface area contributed by atoms with Gasteiger partial charge in [-0.05, 0) is 38.4 Å². The fourth-order valence-corrected chi connectivity index (χ4v) is 1.76. The van der Waals surface area contributed by atoms with Crippen molar-refractivity contribution in [2.24, 2.45) is 0 Å². The Balaban J connectivity index is 1.52. The average molecular weight is 233 g/mol. The first-order valence-electron chi connectivity index (χ1n) is 6.06. The summed E-state index contributed by atoms with van der Waals surface area (Å²) in [6, 6.07) is 4.02. The Kier molecular flexibility index (Phi) is 4.38. The van der Waals surface area contributed by atoms with Gasteiger partial charge in [-0.15, -0.1) is 0 Å². The smallest absolute Gasteiger partial charge is 0.117 e. The van der Waals surface area contributed by atoms with Gasteiger partial charge in [-0.25, -0.2) is 4.98 Å². The fourth-order valence-electron chi connectivity index (χ4n) is 1.76. The fraction of sp³-hybridized carbons (Fsp3) is 0.462. The van der Waals surface area contributed by atoms with Crippen LogP contribution in [0.25, 0.3) is 0 Å². The van der Waals surface area contributed by atoms with Crippen LogP contribution in [-0.2, 0) is 13.1 Å². The highest BCUT2D eigenvalue weighted by Crippen LogP contribution is 2.05. The number of aryl methyl sites for hydroxylation is 2. The Labute approximate surface area is 102 Å². The van der Waals surface area contributed by atoms with Crippen molar-refractivity contribution in [1.29, 1.82) is 0 Å². The molecule has 0 saturated carbocycles. The summed E-state index contributed by atoms with van der Waals surface area (Å²) in [5, 5.41) is 3.38. The van der Waals surface area contributed by atoms with E-state index >= 15 is 0 Å². The molecule has 0 fully saturated rings. The van der Waals surface area contributed by atoms with Crippen LogP contribution >= 0.6 is 0 Å². The second-order valence-corrected chi connectivity index (χ2v) is 4.20. The second-order valence-electron chi connectivity index (χ2n) is 4.20. The number of hydrogen-bond acceptors (Lipinski definition) is 3. The number of nitrogens with one attached hydrogen (secondary N) is 1. The Morgan fingerprint density at radius 2 is 2.29 bits per heavy atom. The molecule has 0 spiro atoms. The molecule has 92 valence electrons. The van der Waals surface area contributed by atoms with Crippen molar-refractivity contribution in [1.82, 2.24) is 14.9 Å². The zero-order chi connectivity index (χ0) is 11.9. The predicted molar refractivity (Wildman–Crippen MR) is 66.6 cm³/mol. The van der Waals surface area contributed by atoms with Crippen LogP contribution in [0.3, 0.4) is 0 Å². The molecule has 0 amide bonds. The number of furan rings is 1. The van der Waals surface area contributed by atoms with E-state index in [1.54, 1.807) is 0 Å². The van der Waals surface area contributed by atoms with E-state index in [4.69, 9.17) is 4.42 Å². The number of hydrogen-bond donors (Lipinski definition) is 1. The van der Waals surface area contributed by atoms with Gasteiger partial charge in [0.15, 0.2) is 0 Å². The van der Waals surface area contributed by atoms with Gasteiger partial charge in [0.1, 0.15) is 11.5 Å². The Hall–Kier alpha value is -1.55. The molecule has 0 aliphatic carbocycles. The van der Waals surface area contributed by atoms with Gasteiger partial charge in [-0.1, -0.05) is 0 Å². The molecule has 2 heterocycles. The molecule has 0 aliphatic heterocycles. The molecule has 0 bridgehead atoms. The number of unbranched alkanes of at least 4 members (excludes halogenated alkanes) is 1. The van der Waals surface area contributed by atoms with Crippen LogP contribution < -0.4 is 5.32 Å². The second kappa shape index (κ2) is 6.25. The highest BCUT2D eigenvalue weighted by atomic mass is 16.3. The predicted octanol–water partition coefficient (Wildman–Crippen LogP) is 2.35. The Morgan fingerprint density at radius 1 is 1.35 bits per heavy atom. The third-order valence-electron chi connectivity index (χ3n) is 2.67. The normalized spacial score (nSPS) is 10.9. The van der Waals surface area contributed by atoms with Gasteiger partial charge in [0, 0.05) is 18.9 Å². The third kappa shape index (κ3) is 4.07. The van der Waals surface area contributed by atoms with Crippen LogP contribution in [0.5, 0.6) is 0 Å². The minimum absolute atomic E-state index is 0.818.